The van der Waals surface area contributed by atoms with E-state index in [1.54, 1.807) is 31.2 Å². The Balaban J connectivity index is 2.10. The molecule has 0 aliphatic rings. The molecule has 19 heavy (non-hydrogen) atoms. The standard InChI is InChI=1S/C14H22N2O3/c1-11(17)4-3-8-16-14(18)7-9-19-13-6-2-5-12(15)10-13/h2,5-6,10-11,17H,3-4,7-9,15H2,1H3,(H,16,18). The lowest BCUT2D eigenvalue weighted by Gasteiger charge is -2.08. The van der Waals surface area contributed by atoms with E-state index in [1.165, 1.54) is 0 Å². The Morgan fingerprint density at radius 2 is 2.32 bits per heavy atom. The number of rotatable bonds is 8. The zero-order valence-corrected chi connectivity index (χ0v) is 11.3. The number of nitrogen functional groups attached to an aromatic ring is 1. The molecule has 1 atom stereocenters. The van der Waals surface area contributed by atoms with Gasteiger partial charge in [0.15, 0.2) is 0 Å². The lowest BCUT2D eigenvalue weighted by molar-refractivity contribution is -0.121. The highest BCUT2D eigenvalue weighted by molar-refractivity contribution is 5.75. The molecule has 106 valence electrons. The fourth-order valence-corrected chi connectivity index (χ4v) is 1.58. The third-order valence-corrected chi connectivity index (χ3v) is 2.58. The monoisotopic (exact) mass is 266 g/mol. The lowest BCUT2D eigenvalue weighted by atomic mass is 10.2. The number of hydrogen-bond acceptors (Lipinski definition) is 4. The van der Waals surface area contributed by atoms with E-state index in [4.69, 9.17) is 15.6 Å². The van der Waals surface area contributed by atoms with Gasteiger partial charge in [-0.2, -0.15) is 0 Å². The highest BCUT2D eigenvalue weighted by atomic mass is 16.5. The number of amides is 1. The van der Waals surface area contributed by atoms with Crippen LogP contribution in [0.25, 0.3) is 0 Å². The van der Waals surface area contributed by atoms with E-state index in [2.05, 4.69) is 5.32 Å². The first kappa shape index (κ1) is 15.3. The zero-order chi connectivity index (χ0) is 14.1. The van der Waals surface area contributed by atoms with Gasteiger partial charge in [-0.3, -0.25) is 4.79 Å². The predicted octanol–water partition coefficient (Wildman–Crippen LogP) is 1.31. The molecular formula is C14H22N2O3. The summed E-state index contributed by atoms with van der Waals surface area (Å²) in [5, 5.41) is 11.8. The van der Waals surface area contributed by atoms with E-state index in [-0.39, 0.29) is 12.0 Å². The SMILES string of the molecule is CC(O)CCCNC(=O)CCOc1cccc(N)c1. The van der Waals surface area contributed by atoms with Crippen molar-refractivity contribution in [1.29, 1.82) is 0 Å². The number of aliphatic hydroxyl groups is 1. The van der Waals surface area contributed by atoms with Crippen LogP contribution in [0.15, 0.2) is 24.3 Å². The van der Waals surface area contributed by atoms with E-state index >= 15 is 0 Å². The molecule has 0 heterocycles. The highest BCUT2D eigenvalue weighted by Gasteiger charge is 2.02. The summed E-state index contributed by atoms with van der Waals surface area (Å²) in [6.07, 6.45) is 1.46. The van der Waals surface area contributed by atoms with Crippen molar-refractivity contribution in [3.05, 3.63) is 24.3 Å². The second kappa shape index (κ2) is 8.37. The summed E-state index contributed by atoms with van der Waals surface area (Å²) in [5.41, 5.74) is 6.25. The Labute approximate surface area is 113 Å². The third-order valence-electron chi connectivity index (χ3n) is 2.58. The maximum Gasteiger partial charge on any atom is 0.223 e. The maximum atomic E-state index is 11.5. The van der Waals surface area contributed by atoms with Crippen LogP contribution in [0.2, 0.25) is 0 Å². The molecule has 0 spiro atoms. The van der Waals surface area contributed by atoms with Gasteiger partial charge in [-0.15, -0.1) is 0 Å². The minimum Gasteiger partial charge on any atom is -0.493 e. The Hall–Kier alpha value is -1.75. The number of anilines is 1. The maximum absolute atomic E-state index is 11.5. The number of ether oxygens (including phenoxy) is 1. The van der Waals surface area contributed by atoms with Gasteiger partial charge in [-0.25, -0.2) is 0 Å². The Bertz CT molecular complexity index is 394. The molecule has 0 radical (unpaired) electrons. The summed E-state index contributed by atoms with van der Waals surface area (Å²) < 4.78 is 5.42. The molecule has 1 aromatic carbocycles. The zero-order valence-electron chi connectivity index (χ0n) is 11.3. The normalized spacial score (nSPS) is 11.9. The summed E-state index contributed by atoms with van der Waals surface area (Å²) in [4.78, 5) is 11.5. The molecule has 1 aromatic rings. The molecule has 1 unspecified atom stereocenters. The molecule has 4 N–H and O–H groups in total. The second-order valence-electron chi connectivity index (χ2n) is 4.51. The van der Waals surface area contributed by atoms with Crippen molar-refractivity contribution < 1.29 is 14.6 Å². The van der Waals surface area contributed by atoms with Gasteiger partial charge in [-0.05, 0) is 31.9 Å². The summed E-state index contributed by atoms with van der Waals surface area (Å²) in [5.74, 6) is 0.622. The van der Waals surface area contributed by atoms with Crippen LogP contribution < -0.4 is 15.8 Å². The van der Waals surface area contributed by atoms with Crippen LogP contribution in [0.4, 0.5) is 5.69 Å². The molecule has 0 aromatic heterocycles. The summed E-state index contributed by atoms with van der Waals surface area (Å²) in [7, 11) is 0. The first-order valence-electron chi connectivity index (χ1n) is 6.51. The third kappa shape index (κ3) is 7.31. The van der Waals surface area contributed by atoms with E-state index < -0.39 is 0 Å². The minimum atomic E-state index is -0.316. The lowest BCUT2D eigenvalue weighted by Crippen LogP contribution is -2.26. The number of nitrogens with two attached hydrogens (primary N) is 1. The van der Waals surface area contributed by atoms with E-state index in [9.17, 15) is 4.79 Å². The summed E-state index contributed by atoms with van der Waals surface area (Å²) >= 11 is 0. The van der Waals surface area contributed by atoms with Crippen LogP contribution in [0, 0.1) is 0 Å². The van der Waals surface area contributed by atoms with Gasteiger partial charge in [0.2, 0.25) is 5.91 Å². The Morgan fingerprint density at radius 1 is 1.53 bits per heavy atom. The first-order chi connectivity index (χ1) is 9.08. The van der Waals surface area contributed by atoms with Crippen LogP contribution in [-0.2, 0) is 4.79 Å². The van der Waals surface area contributed by atoms with Crippen molar-refractivity contribution in [3.63, 3.8) is 0 Å². The number of benzene rings is 1. The molecule has 0 aliphatic carbocycles. The number of aliphatic hydroxyl groups excluding tert-OH is 1. The van der Waals surface area contributed by atoms with Crippen molar-refractivity contribution in [3.8, 4) is 5.75 Å². The largest absolute Gasteiger partial charge is 0.493 e. The summed E-state index contributed by atoms with van der Waals surface area (Å²) in [6, 6.07) is 7.11. The van der Waals surface area contributed by atoms with Crippen molar-refractivity contribution in [2.24, 2.45) is 0 Å². The van der Waals surface area contributed by atoms with Gasteiger partial charge in [0.05, 0.1) is 19.1 Å². The molecule has 0 aliphatic heterocycles. The molecule has 1 amide bonds. The van der Waals surface area contributed by atoms with Crippen LogP contribution >= 0.6 is 0 Å². The van der Waals surface area contributed by atoms with Gasteiger partial charge in [0.25, 0.3) is 0 Å². The van der Waals surface area contributed by atoms with Crippen molar-refractivity contribution >= 4 is 11.6 Å². The van der Waals surface area contributed by atoms with Crippen LogP contribution in [0.3, 0.4) is 0 Å². The average Bonchev–Trinajstić information content (AvgIpc) is 2.34. The second-order valence-corrected chi connectivity index (χ2v) is 4.51. The summed E-state index contributed by atoms with van der Waals surface area (Å²) in [6.45, 7) is 2.65. The molecule has 0 saturated carbocycles. The molecule has 0 saturated heterocycles. The molecule has 1 rings (SSSR count). The fraction of sp³-hybridized carbons (Fsp3) is 0.500. The number of hydrogen-bond donors (Lipinski definition) is 3. The predicted molar refractivity (Wildman–Crippen MR) is 74.9 cm³/mol. The first-order valence-corrected chi connectivity index (χ1v) is 6.51. The topological polar surface area (TPSA) is 84.6 Å². The van der Waals surface area contributed by atoms with E-state index in [0.29, 0.717) is 37.4 Å². The number of carbonyl (C=O) groups excluding carboxylic acids is 1. The van der Waals surface area contributed by atoms with Gasteiger partial charge >= 0.3 is 0 Å². The molecule has 5 heteroatoms. The fourth-order valence-electron chi connectivity index (χ4n) is 1.58. The quantitative estimate of drug-likeness (QED) is 0.489. The minimum absolute atomic E-state index is 0.0468. The number of nitrogens with one attached hydrogen (secondary N) is 1. The highest BCUT2D eigenvalue weighted by Crippen LogP contribution is 2.14. The van der Waals surface area contributed by atoms with Crippen LogP contribution in [0.1, 0.15) is 26.2 Å². The van der Waals surface area contributed by atoms with Crippen LogP contribution in [0.5, 0.6) is 5.75 Å². The van der Waals surface area contributed by atoms with Crippen molar-refractivity contribution in [2.75, 3.05) is 18.9 Å². The van der Waals surface area contributed by atoms with Crippen molar-refractivity contribution in [1.82, 2.24) is 5.32 Å². The molecule has 5 nitrogen and oxygen atoms in total. The molecular weight excluding hydrogens is 244 g/mol. The van der Waals surface area contributed by atoms with E-state index in [0.717, 1.165) is 6.42 Å². The van der Waals surface area contributed by atoms with Crippen molar-refractivity contribution in [2.45, 2.75) is 32.3 Å². The Morgan fingerprint density at radius 3 is 3.00 bits per heavy atom. The van der Waals surface area contributed by atoms with Gasteiger partial charge in [-0.1, -0.05) is 6.07 Å². The Kier molecular flexibility index (Phi) is 6.74. The smallest absolute Gasteiger partial charge is 0.223 e. The van der Waals surface area contributed by atoms with Crippen LogP contribution in [-0.4, -0.2) is 30.3 Å². The van der Waals surface area contributed by atoms with Gasteiger partial charge < -0.3 is 20.9 Å². The van der Waals surface area contributed by atoms with Gasteiger partial charge in [0.1, 0.15) is 5.75 Å². The molecule has 0 bridgehead atoms. The average molecular weight is 266 g/mol. The van der Waals surface area contributed by atoms with Gasteiger partial charge in [0, 0.05) is 18.3 Å². The van der Waals surface area contributed by atoms with E-state index in [1.807, 2.05) is 0 Å². The molecule has 0 fully saturated rings. The number of carbonyl (C=O) groups is 1.